The summed E-state index contributed by atoms with van der Waals surface area (Å²) in [5.41, 5.74) is 3.67. The summed E-state index contributed by atoms with van der Waals surface area (Å²) in [5, 5.41) is 3.66. The van der Waals surface area contributed by atoms with Crippen molar-refractivity contribution in [2.24, 2.45) is 5.92 Å². The number of carbonyl (C=O) groups is 1. The lowest BCUT2D eigenvalue weighted by Gasteiger charge is -2.31. The Labute approximate surface area is 168 Å². The number of oxazole rings is 1. The van der Waals surface area contributed by atoms with E-state index in [1.165, 1.54) is 0 Å². The molecule has 0 radical (unpaired) electrons. The highest BCUT2D eigenvalue weighted by atomic mass is 35.5. The third-order valence-electron chi connectivity index (χ3n) is 5.22. The number of hydrogen-bond donors (Lipinski definition) is 1. The van der Waals surface area contributed by atoms with E-state index in [-0.39, 0.29) is 11.8 Å². The van der Waals surface area contributed by atoms with E-state index in [1.54, 1.807) is 12.3 Å². The van der Waals surface area contributed by atoms with E-state index in [4.69, 9.17) is 16.0 Å². The van der Waals surface area contributed by atoms with Crippen LogP contribution in [0.2, 0.25) is 5.02 Å². The van der Waals surface area contributed by atoms with E-state index in [0.29, 0.717) is 29.6 Å². The molecule has 0 bridgehead atoms. The Balaban J connectivity index is 1.35. The molecule has 3 heterocycles. The summed E-state index contributed by atoms with van der Waals surface area (Å²) < 4.78 is 5.88. The monoisotopic (exact) mass is 398 g/mol. The van der Waals surface area contributed by atoms with Gasteiger partial charge >= 0.3 is 0 Å². The predicted molar refractivity (Wildman–Crippen MR) is 109 cm³/mol. The van der Waals surface area contributed by atoms with E-state index < -0.39 is 0 Å². The fourth-order valence-electron chi connectivity index (χ4n) is 3.66. The molecule has 1 aliphatic rings. The number of nitrogens with zero attached hydrogens (tertiary/aromatic N) is 3. The van der Waals surface area contributed by atoms with Crippen LogP contribution in [0.1, 0.15) is 30.4 Å². The van der Waals surface area contributed by atoms with Crippen LogP contribution in [0.25, 0.3) is 11.1 Å². The van der Waals surface area contributed by atoms with Crippen LogP contribution in [0.15, 0.2) is 41.1 Å². The second-order valence-electron chi connectivity index (χ2n) is 7.35. The minimum Gasteiger partial charge on any atom is -0.423 e. The fourth-order valence-corrected chi connectivity index (χ4v) is 3.82. The molecular formula is C21H23ClN4O2. The number of carbonyl (C=O) groups excluding carboxylic acids is 1. The molecule has 1 aliphatic heterocycles. The van der Waals surface area contributed by atoms with Gasteiger partial charge in [-0.05, 0) is 55.0 Å². The summed E-state index contributed by atoms with van der Waals surface area (Å²) in [6.07, 6.45) is 6.12. The third-order valence-corrected chi connectivity index (χ3v) is 5.45. The molecule has 0 saturated carbocycles. The Kier molecular flexibility index (Phi) is 5.48. The second-order valence-corrected chi connectivity index (χ2v) is 7.78. The van der Waals surface area contributed by atoms with Gasteiger partial charge in [0.2, 0.25) is 5.91 Å². The molecule has 1 N–H and O–H groups in total. The van der Waals surface area contributed by atoms with E-state index >= 15 is 0 Å². The first-order valence-electron chi connectivity index (χ1n) is 9.56. The number of fused-ring (bicyclic) bond motifs is 1. The molecule has 0 aliphatic carbocycles. The van der Waals surface area contributed by atoms with Crippen LogP contribution in [0.5, 0.6) is 0 Å². The van der Waals surface area contributed by atoms with Crippen molar-refractivity contribution in [2.45, 2.75) is 32.7 Å². The maximum atomic E-state index is 12.4. The molecule has 1 unspecified atom stereocenters. The quantitative estimate of drug-likeness (QED) is 0.700. The molecule has 7 heteroatoms. The van der Waals surface area contributed by atoms with Crippen LogP contribution in [-0.4, -0.2) is 29.0 Å². The topological polar surface area (TPSA) is 71.3 Å². The van der Waals surface area contributed by atoms with Crippen molar-refractivity contribution >= 4 is 34.6 Å². The highest BCUT2D eigenvalue weighted by Crippen LogP contribution is 2.28. The first kappa shape index (κ1) is 18.7. The summed E-state index contributed by atoms with van der Waals surface area (Å²) in [4.78, 5) is 23.2. The number of anilines is 1. The van der Waals surface area contributed by atoms with Gasteiger partial charge in [0.05, 0.1) is 0 Å². The molecule has 146 valence electrons. The molecule has 4 rings (SSSR count). The molecule has 2 aromatic heterocycles. The number of aromatic nitrogens is 2. The van der Waals surface area contributed by atoms with Crippen LogP contribution in [0, 0.1) is 12.8 Å². The number of piperidine rings is 1. The van der Waals surface area contributed by atoms with E-state index in [0.717, 1.165) is 42.6 Å². The smallest absolute Gasteiger partial charge is 0.298 e. The number of hydrogen-bond acceptors (Lipinski definition) is 5. The van der Waals surface area contributed by atoms with Gasteiger partial charge in [0, 0.05) is 49.5 Å². The lowest BCUT2D eigenvalue weighted by Crippen LogP contribution is -2.38. The number of rotatable bonds is 5. The van der Waals surface area contributed by atoms with Crippen LogP contribution >= 0.6 is 11.6 Å². The average Bonchev–Trinajstić information content (AvgIpc) is 3.11. The van der Waals surface area contributed by atoms with Crippen molar-refractivity contribution in [1.29, 1.82) is 0 Å². The Hall–Kier alpha value is -2.60. The van der Waals surface area contributed by atoms with Gasteiger partial charge in [-0.15, -0.1) is 0 Å². The molecule has 0 spiro atoms. The molecule has 28 heavy (non-hydrogen) atoms. The van der Waals surface area contributed by atoms with Crippen LogP contribution in [0.4, 0.5) is 6.01 Å². The zero-order chi connectivity index (χ0) is 19.5. The Morgan fingerprint density at radius 3 is 3.14 bits per heavy atom. The number of nitrogens with one attached hydrogen (secondary N) is 1. The first-order valence-corrected chi connectivity index (χ1v) is 9.93. The average molecular weight is 399 g/mol. The first-order chi connectivity index (χ1) is 13.6. The maximum Gasteiger partial charge on any atom is 0.298 e. The maximum absolute atomic E-state index is 12.4. The standard InChI is InChI=1S/C21H23ClN4O2/c1-14-11-23-7-6-16(14)12-24-20(27)9-15-3-2-8-26(13-15)21-25-18-5-4-17(22)10-19(18)28-21/h4-7,10-11,15H,2-3,8-9,12-13H2,1H3,(H,24,27). The van der Waals surface area contributed by atoms with Crippen molar-refractivity contribution in [2.75, 3.05) is 18.0 Å². The molecule has 1 atom stereocenters. The molecule has 1 saturated heterocycles. The van der Waals surface area contributed by atoms with Gasteiger partial charge in [-0.2, -0.15) is 4.98 Å². The van der Waals surface area contributed by atoms with Crippen molar-refractivity contribution in [3.05, 3.63) is 52.8 Å². The summed E-state index contributed by atoms with van der Waals surface area (Å²) >= 11 is 6.03. The van der Waals surface area contributed by atoms with E-state index in [9.17, 15) is 4.79 Å². The van der Waals surface area contributed by atoms with Crippen molar-refractivity contribution in [3.63, 3.8) is 0 Å². The molecular weight excluding hydrogens is 376 g/mol. The summed E-state index contributed by atoms with van der Waals surface area (Å²) in [6.45, 7) is 4.19. The molecule has 1 fully saturated rings. The fraction of sp³-hybridized carbons (Fsp3) is 0.381. The minimum absolute atomic E-state index is 0.0763. The van der Waals surface area contributed by atoms with Gasteiger partial charge in [0.25, 0.3) is 6.01 Å². The third kappa shape index (κ3) is 4.28. The normalized spacial score (nSPS) is 17.1. The summed E-state index contributed by atoms with van der Waals surface area (Å²) in [5.74, 6) is 0.360. The van der Waals surface area contributed by atoms with Gasteiger partial charge in [-0.3, -0.25) is 9.78 Å². The van der Waals surface area contributed by atoms with Gasteiger partial charge in [-0.25, -0.2) is 0 Å². The van der Waals surface area contributed by atoms with E-state index in [2.05, 4.69) is 20.2 Å². The van der Waals surface area contributed by atoms with Crippen molar-refractivity contribution in [1.82, 2.24) is 15.3 Å². The minimum atomic E-state index is 0.0763. The van der Waals surface area contributed by atoms with Crippen molar-refractivity contribution < 1.29 is 9.21 Å². The highest BCUT2D eigenvalue weighted by molar-refractivity contribution is 6.31. The second kappa shape index (κ2) is 8.19. The zero-order valence-corrected chi connectivity index (χ0v) is 16.6. The number of aryl methyl sites for hydroxylation is 1. The Morgan fingerprint density at radius 2 is 2.29 bits per heavy atom. The summed E-state index contributed by atoms with van der Waals surface area (Å²) in [6, 6.07) is 8.00. The zero-order valence-electron chi connectivity index (χ0n) is 15.8. The van der Waals surface area contributed by atoms with Gasteiger partial charge < -0.3 is 14.6 Å². The largest absolute Gasteiger partial charge is 0.423 e. The predicted octanol–water partition coefficient (Wildman–Crippen LogP) is 4.11. The van der Waals surface area contributed by atoms with Crippen LogP contribution in [-0.2, 0) is 11.3 Å². The molecule has 1 amide bonds. The van der Waals surface area contributed by atoms with Crippen molar-refractivity contribution in [3.8, 4) is 0 Å². The number of pyridine rings is 1. The summed E-state index contributed by atoms with van der Waals surface area (Å²) in [7, 11) is 0. The van der Waals surface area contributed by atoms with Gasteiger partial charge in [0.1, 0.15) is 5.52 Å². The highest BCUT2D eigenvalue weighted by Gasteiger charge is 2.25. The number of benzene rings is 1. The van der Waals surface area contributed by atoms with Crippen LogP contribution in [0.3, 0.4) is 0 Å². The lowest BCUT2D eigenvalue weighted by atomic mass is 9.94. The molecule has 6 nitrogen and oxygen atoms in total. The van der Waals surface area contributed by atoms with Gasteiger partial charge in [0.15, 0.2) is 5.58 Å². The number of amides is 1. The lowest BCUT2D eigenvalue weighted by molar-refractivity contribution is -0.122. The Morgan fingerprint density at radius 1 is 1.39 bits per heavy atom. The molecule has 1 aromatic carbocycles. The van der Waals surface area contributed by atoms with Gasteiger partial charge in [-0.1, -0.05) is 11.6 Å². The molecule has 3 aromatic rings. The van der Waals surface area contributed by atoms with Crippen LogP contribution < -0.4 is 10.2 Å². The SMILES string of the molecule is Cc1cnccc1CNC(=O)CC1CCCN(c2nc3ccc(Cl)cc3o2)C1. The number of halogens is 1. The Bertz CT molecular complexity index is 987. The van der Waals surface area contributed by atoms with E-state index in [1.807, 2.05) is 31.3 Å².